The van der Waals surface area contributed by atoms with Crippen LogP contribution < -0.4 is 4.74 Å². The zero-order valence-electron chi connectivity index (χ0n) is 17.2. The van der Waals surface area contributed by atoms with Crippen molar-refractivity contribution in [2.24, 2.45) is 11.3 Å². The fourth-order valence-corrected chi connectivity index (χ4v) is 5.48. The van der Waals surface area contributed by atoms with Gasteiger partial charge in [-0.25, -0.2) is 4.79 Å². The van der Waals surface area contributed by atoms with Crippen molar-refractivity contribution in [3.8, 4) is 5.75 Å². The molecule has 2 aliphatic rings. The highest BCUT2D eigenvalue weighted by atomic mass is 16.5. The molecule has 1 aromatic carbocycles. The van der Waals surface area contributed by atoms with E-state index in [1.165, 1.54) is 21.1 Å². The summed E-state index contributed by atoms with van der Waals surface area (Å²) >= 11 is 0. The summed E-state index contributed by atoms with van der Waals surface area (Å²) in [5.74, 6) is -0.869. The molecule has 1 saturated carbocycles. The summed E-state index contributed by atoms with van der Waals surface area (Å²) in [7, 11) is 2.75. The van der Waals surface area contributed by atoms with E-state index in [1.54, 1.807) is 12.1 Å². The molecule has 2 aliphatic carbocycles. The third-order valence-electron chi connectivity index (χ3n) is 6.76. The van der Waals surface area contributed by atoms with Crippen LogP contribution >= 0.6 is 0 Å². The van der Waals surface area contributed by atoms with Crippen molar-refractivity contribution in [1.82, 2.24) is 0 Å². The van der Waals surface area contributed by atoms with E-state index in [0.29, 0.717) is 0 Å². The van der Waals surface area contributed by atoms with Crippen molar-refractivity contribution in [3.63, 3.8) is 0 Å². The van der Waals surface area contributed by atoms with Crippen LogP contribution in [-0.4, -0.2) is 32.1 Å². The number of hydrogen-bond donors (Lipinski definition) is 0. The SMILES string of the molecule is COC(=O)c1cc2c(cc1OC(C)=O)[C@@]1(C)CCC[C@](C)(C(=O)OC)[C@@H]1CC2. The normalized spacial score (nSPS) is 28.5. The van der Waals surface area contributed by atoms with Gasteiger partial charge in [0, 0.05) is 6.92 Å². The minimum atomic E-state index is -0.554. The second kappa shape index (κ2) is 7.22. The molecule has 0 heterocycles. The van der Waals surface area contributed by atoms with Crippen LogP contribution in [0.25, 0.3) is 0 Å². The number of rotatable bonds is 3. The first-order chi connectivity index (χ1) is 13.2. The Balaban J connectivity index is 2.15. The number of fused-ring (bicyclic) bond motifs is 3. The number of aryl methyl sites for hydroxylation is 1. The molecule has 1 fully saturated rings. The quantitative estimate of drug-likeness (QED) is 0.582. The minimum Gasteiger partial charge on any atom is -0.469 e. The summed E-state index contributed by atoms with van der Waals surface area (Å²) < 4.78 is 15.4. The number of methoxy groups -OCH3 is 2. The van der Waals surface area contributed by atoms with Gasteiger partial charge < -0.3 is 14.2 Å². The van der Waals surface area contributed by atoms with Gasteiger partial charge >= 0.3 is 17.9 Å². The first kappa shape index (κ1) is 20.4. The van der Waals surface area contributed by atoms with Crippen molar-refractivity contribution in [3.05, 3.63) is 28.8 Å². The van der Waals surface area contributed by atoms with Gasteiger partial charge in [0.25, 0.3) is 0 Å². The first-order valence-electron chi connectivity index (χ1n) is 9.70. The van der Waals surface area contributed by atoms with Crippen LogP contribution in [0.1, 0.15) is 67.9 Å². The lowest BCUT2D eigenvalue weighted by Gasteiger charge is -2.54. The Morgan fingerprint density at radius 1 is 1.07 bits per heavy atom. The molecule has 0 spiro atoms. The smallest absolute Gasteiger partial charge is 0.341 e. The maximum Gasteiger partial charge on any atom is 0.341 e. The Morgan fingerprint density at radius 3 is 2.39 bits per heavy atom. The summed E-state index contributed by atoms with van der Waals surface area (Å²) in [6.45, 7) is 5.48. The molecule has 1 aromatic rings. The first-order valence-corrected chi connectivity index (χ1v) is 9.70. The van der Waals surface area contributed by atoms with Crippen LogP contribution in [0.15, 0.2) is 12.1 Å². The van der Waals surface area contributed by atoms with Crippen LogP contribution in [-0.2, 0) is 30.9 Å². The number of carbonyl (C=O) groups excluding carboxylic acids is 3. The van der Waals surface area contributed by atoms with Crippen molar-refractivity contribution in [2.45, 2.75) is 58.3 Å². The number of benzene rings is 1. The van der Waals surface area contributed by atoms with Crippen molar-refractivity contribution in [1.29, 1.82) is 0 Å². The third-order valence-corrected chi connectivity index (χ3v) is 6.76. The zero-order valence-corrected chi connectivity index (χ0v) is 17.2. The lowest BCUT2D eigenvalue weighted by atomic mass is 9.49. The van der Waals surface area contributed by atoms with Gasteiger partial charge in [0.15, 0.2) is 0 Å². The van der Waals surface area contributed by atoms with Crippen molar-refractivity contribution in [2.75, 3.05) is 14.2 Å². The lowest BCUT2D eigenvalue weighted by Crippen LogP contribution is -2.52. The number of hydrogen-bond acceptors (Lipinski definition) is 6. The molecular formula is C22H28O6. The summed E-state index contributed by atoms with van der Waals surface area (Å²) in [6, 6.07) is 3.59. The van der Waals surface area contributed by atoms with Crippen LogP contribution in [0.5, 0.6) is 5.75 Å². The highest BCUT2D eigenvalue weighted by Gasteiger charge is 2.55. The highest BCUT2D eigenvalue weighted by Crippen LogP contribution is 2.58. The van der Waals surface area contributed by atoms with E-state index in [0.717, 1.165) is 43.2 Å². The van der Waals surface area contributed by atoms with E-state index in [-0.39, 0.29) is 28.6 Å². The molecule has 6 heteroatoms. The average Bonchev–Trinajstić information content (AvgIpc) is 2.66. The molecule has 0 unspecified atom stereocenters. The Morgan fingerprint density at radius 2 is 1.79 bits per heavy atom. The van der Waals surface area contributed by atoms with E-state index < -0.39 is 17.4 Å². The predicted octanol–water partition coefficient (Wildman–Crippen LogP) is 3.58. The van der Waals surface area contributed by atoms with Gasteiger partial charge in [0.2, 0.25) is 0 Å². The summed E-state index contributed by atoms with van der Waals surface area (Å²) in [6.07, 6.45) is 4.20. The maximum atomic E-state index is 12.6. The summed E-state index contributed by atoms with van der Waals surface area (Å²) in [5.41, 5.74) is 1.53. The van der Waals surface area contributed by atoms with E-state index in [2.05, 4.69) is 6.92 Å². The number of esters is 3. The van der Waals surface area contributed by atoms with Gasteiger partial charge in [-0.15, -0.1) is 0 Å². The third kappa shape index (κ3) is 3.09. The van der Waals surface area contributed by atoms with Gasteiger partial charge in [0.05, 0.1) is 19.6 Å². The summed E-state index contributed by atoms with van der Waals surface area (Å²) in [4.78, 5) is 36.5. The van der Waals surface area contributed by atoms with Gasteiger partial charge in [-0.1, -0.05) is 13.3 Å². The van der Waals surface area contributed by atoms with Gasteiger partial charge in [-0.05, 0) is 67.2 Å². The Hall–Kier alpha value is -2.37. The number of carbonyl (C=O) groups is 3. The minimum absolute atomic E-state index is 0.114. The predicted molar refractivity (Wildman–Crippen MR) is 102 cm³/mol. The molecule has 28 heavy (non-hydrogen) atoms. The topological polar surface area (TPSA) is 78.9 Å². The van der Waals surface area contributed by atoms with Crippen LogP contribution in [0.2, 0.25) is 0 Å². The molecule has 0 radical (unpaired) electrons. The second-order valence-electron chi connectivity index (χ2n) is 8.36. The van der Waals surface area contributed by atoms with Gasteiger partial charge in [0.1, 0.15) is 11.3 Å². The molecular weight excluding hydrogens is 360 g/mol. The van der Waals surface area contributed by atoms with E-state index in [1.807, 2.05) is 6.92 Å². The molecule has 152 valence electrons. The van der Waals surface area contributed by atoms with E-state index in [9.17, 15) is 14.4 Å². The molecule has 0 aromatic heterocycles. The standard InChI is InChI=1S/C22H28O6/c1-13(23)28-17-12-16-14(11-15(17)19(24)26-4)7-8-18-21(16,2)9-6-10-22(18,3)20(25)27-5/h11-12,18H,6-10H2,1-5H3/t18-,21-,22+/m1/s1. The van der Waals surface area contributed by atoms with Crippen molar-refractivity contribution >= 4 is 17.9 Å². The Kier molecular flexibility index (Phi) is 5.26. The van der Waals surface area contributed by atoms with Gasteiger partial charge in [-0.2, -0.15) is 0 Å². The largest absolute Gasteiger partial charge is 0.469 e. The van der Waals surface area contributed by atoms with Crippen LogP contribution in [0.4, 0.5) is 0 Å². The fourth-order valence-electron chi connectivity index (χ4n) is 5.48. The fraction of sp³-hybridized carbons (Fsp3) is 0.591. The molecule has 0 N–H and O–H groups in total. The van der Waals surface area contributed by atoms with Crippen molar-refractivity contribution < 1.29 is 28.6 Å². The Labute approximate surface area is 165 Å². The number of ether oxygens (including phenoxy) is 3. The van der Waals surface area contributed by atoms with E-state index in [4.69, 9.17) is 14.2 Å². The molecule has 0 aliphatic heterocycles. The monoisotopic (exact) mass is 388 g/mol. The van der Waals surface area contributed by atoms with Gasteiger partial charge in [-0.3, -0.25) is 9.59 Å². The average molecular weight is 388 g/mol. The molecule has 3 atom stereocenters. The molecule has 6 nitrogen and oxygen atoms in total. The Bertz CT molecular complexity index is 829. The highest BCUT2D eigenvalue weighted by molar-refractivity contribution is 5.94. The molecule has 0 amide bonds. The summed E-state index contributed by atoms with van der Waals surface area (Å²) in [5, 5.41) is 0. The van der Waals surface area contributed by atoms with Crippen LogP contribution in [0, 0.1) is 11.3 Å². The lowest BCUT2D eigenvalue weighted by molar-refractivity contribution is -0.161. The molecule has 0 bridgehead atoms. The molecule has 0 saturated heterocycles. The maximum absolute atomic E-state index is 12.6. The zero-order chi connectivity index (χ0) is 20.7. The molecule has 3 rings (SSSR count). The van der Waals surface area contributed by atoms with E-state index >= 15 is 0 Å². The van der Waals surface area contributed by atoms with Crippen LogP contribution in [0.3, 0.4) is 0 Å². The second-order valence-corrected chi connectivity index (χ2v) is 8.36.